The number of carbonyl (C=O) groups is 2. The Morgan fingerprint density at radius 3 is 2.88 bits per heavy atom. The lowest BCUT2D eigenvalue weighted by Gasteiger charge is -2.38. The number of nitrogens with one attached hydrogen (secondary N) is 1. The maximum absolute atomic E-state index is 13.6. The summed E-state index contributed by atoms with van der Waals surface area (Å²) in [5.41, 5.74) is 0.474. The summed E-state index contributed by atoms with van der Waals surface area (Å²) < 4.78 is 23.9. The molecule has 126 valence electrons. The first-order chi connectivity index (χ1) is 11.5. The molecular formula is C16H16FN3O4. The third kappa shape index (κ3) is 3.13. The molecule has 0 saturated carbocycles. The van der Waals surface area contributed by atoms with E-state index in [2.05, 4.69) is 10.5 Å². The molecule has 0 radical (unpaired) electrons. The molecule has 7 nitrogen and oxygen atoms in total. The number of likely N-dealkylation sites (N-methyl/N-ethyl adjacent to an activating group) is 1. The summed E-state index contributed by atoms with van der Waals surface area (Å²) in [5.74, 6) is -0.435. The zero-order chi connectivity index (χ0) is 17.3. The van der Waals surface area contributed by atoms with E-state index in [9.17, 15) is 14.0 Å². The van der Waals surface area contributed by atoms with Crippen molar-refractivity contribution >= 4 is 17.6 Å². The summed E-state index contributed by atoms with van der Waals surface area (Å²) in [4.78, 5) is 25.9. The third-order valence-corrected chi connectivity index (χ3v) is 3.81. The van der Waals surface area contributed by atoms with Crippen LogP contribution in [0.1, 0.15) is 17.4 Å². The van der Waals surface area contributed by atoms with Crippen molar-refractivity contribution in [1.29, 1.82) is 0 Å². The Kier molecular flexibility index (Phi) is 4.30. The smallest absolute Gasteiger partial charge is 0.257 e. The highest BCUT2D eigenvalue weighted by atomic mass is 19.1. The van der Waals surface area contributed by atoms with Crippen LogP contribution in [0.15, 0.2) is 34.9 Å². The van der Waals surface area contributed by atoms with Crippen LogP contribution in [0.25, 0.3) is 0 Å². The number of hydrogen-bond donors (Lipinski definition) is 1. The van der Waals surface area contributed by atoms with E-state index >= 15 is 0 Å². The zero-order valence-corrected chi connectivity index (χ0v) is 13.2. The molecule has 0 aliphatic carbocycles. The maximum Gasteiger partial charge on any atom is 0.257 e. The highest BCUT2D eigenvalue weighted by Gasteiger charge is 2.40. The molecule has 1 aromatic heterocycles. The molecule has 1 saturated heterocycles. The van der Waals surface area contributed by atoms with Crippen molar-refractivity contribution < 1.29 is 23.2 Å². The van der Waals surface area contributed by atoms with Crippen LogP contribution in [0.4, 0.5) is 10.2 Å². The summed E-state index contributed by atoms with van der Waals surface area (Å²) in [5, 5.41) is 6.28. The van der Waals surface area contributed by atoms with E-state index in [1.807, 2.05) is 0 Å². The molecule has 1 aliphatic heterocycles. The summed E-state index contributed by atoms with van der Waals surface area (Å²) in [7, 11) is 1.56. The van der Waals surface area contributed by atoms with Gasteiger partial charge in [0, 0.05) is 13.1 Å². The van der Waals surface area contributed by atoms with E-state index in [0.717, 1.165) is 0 Å². The van der Waals surface area contributed by atoms with Gasteiger partial charge in [0.1, 0.15) is 18.2 Å². The largest absolute Gasteiger partial charge is 0.360 e. The summed E-state index contributed by atoms with van der Waals surface area (Å²) >= 11 is 0. The number of hydrogen-bond acceptors (Lipinski definition) is 5. The van der Waals surface area contributed by atoms with Gasteiger partial charge in [-0.3, -0.25) is 9.59 Å². The third-order valence-electron chi connectivity index (χ3n) is 3.81. The summed E-state index contributed by atoms with van der Waals surface area (Å²) in [6.07, 6.45) is -0.994. The number of nitrogens with zero attached hydrogens (tertiary/aromatic N) is 2. The van der Waals surface area contributed by atoms with Gasteiger partial charge in [-0.1, -0.05) is 17.3 Å². The molecule has 2 atom stereocenters. The Bertz CT molecular complexity index is 776. The lowest BCUT2D eigenvalue weighted by atomic mass is 9.97. The van der Waals surface area contributed by atoms with Gasteiger partial charge in [-0.2, -0.15) is 0 Å². The van der Waals surface area contributed by atoms with E-state index in [1.165, 1.54) is 23.1 Å². The van der Waals surface area contributed by atoms with Gasteiger partial charge < -0.3 is 19.5 Å². The fourth-order valence-electron chi connectivity index (χ4n) is 2.64. The second-order valence-corrected chi connectivity index (χ2v) is 5.55. The number of anilines is 1. The lowest BCUT2D eigenvalue weighted by molar-refractivity contribution is -0.160. The molecule has 2 aromatic rings. The highest BCUT2D eigenvalue weighted by molar-refractivity contribution is 5.95. The van der Waals surface area contributed by atoms with Crippen LogP contribution in [0.5, 0.6) is 0 Å². The molecule has 0 spiro atoms. The molecule has 2 heterocycles. The van der Waals surface area contributed by atoms with Gasteiger partial charge in [0.2, 0.25) is 5.91 Å². The van der Waals surface area contributed by atoms with Crippen LogP contribution >= 0.6 is 0 Å². The van der Waals surface area contributed by atoms with Crippen molar-refractivity contribution in [3.63, 3.8) is 0 Å². The Hall–Kier alpha value is -2.74. The van der Waals surface area contributed by atoms with Gasteiger partial charge in [0.25, 0.3) is 5.91 Å². The first-order valence-corrected chi connectivity index (χ1v) is 7.32. The fraction of sp³-hybridized carbons (Fsp3) is 0.312. The number of amides is 2. The number of ether oxygens (including phenoxy) is 1. The van der Waals surface area contributed by atoms with Crippen LogP contribution in [0.2, 0.25) is 0 Å². The molecule has 0 bridgehead atoms. The number of aromatic nitrogens is 1. The van der Waals surface area contributed by atoms with Crippen molar-refractivity contribution in [3.8, 4) is 0 Å². The first-order valence-electron chi connectivity index (χ1n) is 7.32. The van der Waals surface area contributed by atoms with Crippen molar-refractivity contribution in [2.24, 2.45) is 0 Å². The molecule has 8 heteroatoms. The molecule has 1 fully saturated rings. The van der Waals surface area contributed by atoms with Gasteiger partial charge in [0.15, 0.2) is 11.9 Å². The Labute approximate surface area is 137 Å². The van der Waals surface area contributed by atoms with Crippen LogP contribution in [0.3, 0.4) is 0 Å². The van der Waals surface area contributed by atoms with Gasteiger partial charge in [-0.05, 0) is 24.6 Å². The standard InChI is InChI=1S/C16H16FN3O4/c1-9-6-12(19-24-9)18-16(22)15-14(20(2)13(21)8-23-15)10-4-3-5-11(17)7-10/h3-7,14-15H,8H2,1-2H3,(H,18,19,22)/t14-,15+/m0/s1. The topological polar surface area (TPSA) is 84.7 Å². The SMILES string of the molecule is Cc1cc(NC(=O)[C@@H]2OCC(=O)N(C)[C@H]2c2cccc(F)c2)no1. The first kappa shape index (κ1) is 16.1. The minimum absolute atomic E-state index is 0.224. The van der Waals surface area contributed by atoms with Crippen molar-refractivity contribution in [2.45, 2.75) is 19.1 Å². The minimum Gasteiger partial charge on any atom is -0.360 e. The van der Waals surface area contributed by atoms with Crippen molar-refractivity contribution in [1.82, 2.24) is 10.1 Å². The van der Waals surface area contributed by atoms with E-state index in [4.69, 9.17) is 9.26 Å². The lowest BCUT2D eigenvalue weighted by Crippen LogP contribution is -2.51. The monoisotopic (exact) mass is 333 g/mol. The van der Waals surface area contributed by atoms with E-state index in [-0.39, 0.29) is 18.3 Å². The molecular weight excluding hydrogens is 317 g/mol. The molecule has 3 rings (SSSR count). The second kappa shape index (κ2) is 6.40. The number of benzene rings is 1. The van der Waals surface area contributed by atoms with Crippen LogP contribution in [0, 0.1) is 12.7 Å². The maximum atomic E-state index is 13.6. The predicted molar refractivity (Wildman–Crippen MR) is 81.5 cm³/mol. The minimum atomic E-state index is -0.994. The number of aryl methyl sites for hydroxylation is 1. The summed E-state index contributed by atoms with van der Waals surface area (Å²) in [6, 6.07) is 6.56. The second-order valence-electron chi connectivity index (χ2n) is 5.55. The van der Waals surface area contributed by atoms with E-state index in [0.29, 0.717) is 11.3 Å². The highest BCUT2D eigenvalue weighted by Crippen LogP contribution is 2.30. The number of carbonyl (C=O) groups excluding carboxylic acids is 2. The molecule has 0 unspecified atom stereocenters. The van der Waals surface area contributed by atoms with E-state index < -0.39 is 23.9 Å². The number of rotatable bonds is 3. The Balaban J connectivity index is 1.88. The zero-order valence-electron chi connectivity index (χ0n) is 13.2. The normalized spacial score (nSPS) is 21.0. The molecule has 1 aliphatic rings. The average Bonchev–Trinajstić information content (AvgIpc) is 2.94. The van der Waals surface area contributed by atoms with Crippen molar-refractivity contribution in [2.75, 3.05) is 19.0 Å². The van der Waals surface area contributed by atoms with Crippen LogP contribution in [-0.4, -0.2) is 41.6 Å². The van der Waals surface area contributed by atoms with Gasteiger partial charge in [0.05, 0.1) is 6.04 Å². The van der Waals surface area contributed by atoms with E-state index in [1.54, 1.807) is 26.1 Å². The number of halogens is 1. The average molecular weight is 333 g/mol. The molecule has 1 aromatic carbocycles. The predicted octanol–water partition coefficient (Wildman–Crippen LogP) is 1.66. The Morgan fingerprint density at radius 2 is 2.21 bits per heavy atom. The van der Waals surface area contributed by atoms with Crippen molar-refractivity contribution in [3.05, 3.63) is 47.5 Å². The summed E-state index contributed by atoms with van der Waals surface area (Å²) in [6.45, 7) is 1.47. The van der Waals surface area contributed by atoms with Gasteiger partial charge >= 0.3 is 0 Å². The van der Waals surface area contributed by atoms with Crippen LogP contribution < -0.4 is 5.32 Å². The molecule has 2 amide bonds. The van der Waals surface area contributed by atoms with Crippen LogP contribution in [-0.2, 0) is 14.3 Å². The van der Waals surface area contributed by atoms with Gasteiger partial charge in [-0.25, -0.2) is 4.39 Å². The quantitative estimate of drug-likeness (QED) is 0.923. The van der Waals surface area contributed by atoms with Gasteiger partial charge in [-0.15, -0.1) is 0 Å². The number of morpholine rings is 1. The molecule has 24 heavy (non-hydrogen) atoms. The Morgan fingerprint density at radius 1 is 1.42 bits per heavy atom. The fourth-order valence-corrected chi connectivity index (χ4v) is 2.64. The molecule has 1 N–H and O–H groups in total.